The topological polar surface area (TPSA) is 66.1 Å². The zero-order valence-electron chi connectivity index (χ0n) is 20.5. The Morgan fingerprint density at radius 3 is 2.49 bits per heavy atom. The minimum absolute atomic E-state index is 0.193. The third-order valence-corrected chi connectivity index (χ3v) is 7.11. The van der Waals surface area contributed by atoms with Gasteiger partial charge in [-0.3, -0.25) is 9.69 Å². The average Bonchev–Trinajstić information content (AvgIpc) is 3.23. The molecule has 7 nitrogen and oxygen atoms in total. The van der Waals surface area contributed by atoms with Crippen LogP contribution in [0, 0.1) is 0 Å². The van der Waals surface area contributed by atoms with Gasteiger partial charge in [-0.2, -0.15) is 0 Å². The first-order chi connectivity index (χ1) is 18.0. The Balaban J connectivity index is 1.34. The smallest absolute Gasteiger partial charge is 0.258 e. The molecule has 0 atom stereocenters. The van der Waals surface area contributed by atoms with Crippen LogP contribution in [0.2, 0.25) is 5.02 Å². The molecule has 0 spiro atoms. The molecule has 0 unspecified atom stereocenters. The van der Waals surface area contributed by atoms with E-state index in [4.69, 9.17) is 21.1 Å². The van der Waals surface area contributed by atoms with Crippen LogP contribution in [0.5, 0.6) is 11.5 Å². The molecule has 37 heavy (non-hydrogen) atoms. The summed E-state index contributed by atoms with van der Waals surface area (Å²) in [5.74, 6) is 1.00. The third-order valence-electron chi connectivity index (χ3n) is 6.88. The highest BCUT2D eigenvalue weighted by Crippen LogP contribution is 2.41. The maximum atomic E-state index is 13.2. The Labute approximate surface area is 220 Å². The second-order valence-corrected chi connectivity index (χ2v) is 9.90. The van der Waals surface area contributed by atoms with Crippen molar-refractivity contribution in [2.75, 3.05) is 43.9 Å². The van der Waals surface area contributed by atoms with Crippen LogP contribution < -0.4 is 20.1 Å². The zero-order valence-corrected chi connectivity index (χ0v) is 21.2. The fourth-order valence-electron chi connectivity index (χ4n) is 4.83. The number of benzene rings is 3. The summed E-state index contributed by atoms with van der Waals surface area (Å²) in [6.45, 7) is 5.26. The summed E-state index contributed by atoms with van der Waals surface area (Å²) in [6, 6.07) is 19.4. The second-order valence-electron chi connectivity index (χ2n) is 9.46. The zero-order chi connectivity index (χ0) is 25.4. The van der Waals surface area contributed by atoms with Gasteiger partial charge in [0.05, 0.1) is 17.0 Å². The van der Waals surface area contributed by atoms with E-state index in [1.807, 2.05) is 24.3 Å². The quantitative estimate of drug-likeness (QED) is 0.453. The lowest BCUT2D eigenvalue weighted by molar-refractivity contribution is -0.110. The van der Waals surface area contributed by atoms with E-state index in [2.05, 4.69) is 51.7 Å². The highest BCUT2D eigenvalue weighted by Gasteiger charge is 2.29. The van der Waals surface area contributed by atoms with Crippen LogP contribution in [-0.4, -0.2) is 48.9 Å². The lowest BCUT2D eigenvalue weighted by Crippen LogP contribution is -2.43. The van der Waals surface area contributed by atoms with Crippen molar-refractivity contribution in [1.82, 2.24) is 9.80 Å². The van der Waals surface area contributed by atoms with Crippen molar-refractivity contribution < 1.29 is 14.3 Å². The second kappa shape index (κ2) is 9.94. The van der Waals surface area contributed by atoms with E-state index in [1.165, 1.54) is 18.1 Å². The van der Waals surface area contributed by atoms with Gasteiger partial charge in [0.2, 0.25) is 0 Å². The number of ether oxygens (including phenoxy) is 2. The molecule has 3 aromatic rings. The Bertz CT molecular complexity index is 1410. The van der Waals surface area contributed by atoms with E-state index in [0.29, 0.717) is 33.5 Å². The summed E-state index contributed by atoms with van der Waals surface area (Å²) in [5.41, 5.74) is 5.63. The van der Waals surface area contributed by atoms with Crippen molar-refractivity contribution in [1.29, 1.82) is 0 Å². The summed E-state index contributed by atoms with van der Waals surface area (Å²) in [7, 11) is 2.17. The lowest BCUT2D eigenvalue weighted by atomic mass is 9.99. The predicted octanol–water partition coefficient (Wildman–Crippen LogP) is 5.26. The molecule has 3 aliphatic heterocycles. The van der Waals surface area contributed by atoms with Gasteiger partial charge >= 0.3 is 0 Å². The summed E-state index contributed by atoms with van der Waals surface area (Å²) in [5, 5.41) is 7.03. The normalized spacial score (nSPS) is 18.4. The molecule has 1 fully saturated rings. The highest BCUT2D eigenvalue weighted by molar-refractivity contribution is 6.38. The van der Waals surface area contributed by atoms with E-state index in [-0.39, 0.29) is 5.91 Å². The Kier molecular flexibility index (Phi) is 6.34. The number of amides is 1. The molecule has 1 amide bonds. The number of halogens is 1. The monoisotopic (exact) mass is 514 g/mol. The number of anilines is 2. The first-order valence-electron chi connectivity index (χ1n) is 12.3. The van der Waals surface area contributed by atoms with Crippen LogP contribution in [-0.2, 0) is 11.3 Å². The van der Waals surface area contributed by atoms with Gasteiger partial charge in [-0.1, -0.05) is 29.8 Å². The van der Waals surface area contributed by atoms with Crippen LogP contribution in [0.15, 0.2) is 73.2 Å². The van der Waals surface area contributed by atoms with Crippen LogP contribution in [0.25, 0.3) is 11.3 Å². The predicted molar refractivity (Wildman–Crippen MR) is 147 cm³/mol. The number of nitrogens with one attached hydrogen (secondary N) is 2. The number of hydrogen-bond acceptors (Lipinski definition) is 6. The van der Waals surface area contributed by atoms with Crippen molar-refractivity contribution >= 4 is 40.2 Å². The van der Waals surface area contributed by atoms with Crippen molar-refractivity contribution in [3.63, 3.8) is 0 Å². The van der Waals surface area contributed by atoms with Gasteiger partial charge in [-0.05, 0) is 55.1 Å². The number of fused-ring (bicyclic) bond motifs is 2. The van der Waals surface area contributed by atoms with Gasteiger partial charge in [-0.25, -0.2) is 0 Å². The standard InChI is InChI=1S/C29H27ClN4O3/c1-33-10-12-34(13-11-33)18-19-2-6-22(7-3-19)31-28(20-4-9-25-26(16-20)37-15-14-36-25)27-23-8-5-21(30)17-24(23)32-29(27)35/h2-9,14-17,31H,10-13,18H2,1H3,(H,32,35). The summed E-state index contributed by atoms with van der Waals surface area (Å²) < 4.78 is 11.2. The largest absolute Gasteiger partial charge is 0.458 e. The molecule has 1 saturated heterocycles. The van der Waals surface area contributed by atoms with E-state index in [0.717, 1.165) is 49.5 Å². The number of rotatable bonds is 5. The molecule has 0 aliphatic carbocycles. The van der Waals surface area contributed by atoms with Crippen molar-refractivity contribution in [3.05, 3.63) is 94.9 Å². The molecule has 3 aromatic carbocycles. The fourth-order valence-corrected chi connectivity index (χ4v) is 5.00. The van der Waals surface area contributed by atoms with E-state index >= 15 is 0 Å². The molecule has 8 heteroatoms. The number of nitrogens with zero attached hydrogens (tertiary/aromatic N) is 2. The Hall–Kier alpha value is -3.78. The molecule has 2 N–H and O–H groups in total. The molecule has 3 aliphatic rings. The SMILES string of the molecule is CN1CCN(Cc2ccc(NC(=C3C(=O)Nc4cc(Cl)ccc43)c3ccc4c(c3)OC=CO4)cc2)CC1. The van der Waals surface area contributed by atoms with Crippen molar-refractivity contribution in [3.8, 4) is 11.5 Å². The molecule has 0 aromatic heterocycles. The minimum atomic E-state index is -0.193. The fraction of sp³-hybridized carbons (Fsp3) is 0.207. The van der Waals surface area contributed by atoms with Gasteiger partial charge in [0.25, 0.3) is 5.91 Å². The maximum Gasteiger partial charge on any atom is 0.258 e. The molecule has 0 bridgehead atoms. The molecule has 3 heterocycles. The van der Waals surface area contributed by atoms with Gasteiger partial charge in [0, 0.05) is 54.6 Å². The van der Waals surface area contributed by atoms with Gasteiger partial charge in [0.15, 0.2) is 11.5 Å². The minimum Gasteiger partial charge on any atom is -0.458 e. The van der Waals surface area contributed by atoms with Crippen LogP contribution in [0.4, 0.5) is 11.4 Å². The highest BCUT2D eigenvalue weighted by atomic mass is 35.5. The van der Waals surface area contributed by atoms with Crippen molar-refractivity contribution in [2.24, 2.45) is 0 Å². The number of likely N-dealkylation sites (N-methyl/N-ethyl adjacent to an activating group) is 1. The van der Waals surface area contributed by atoms with Gasteiger partial charge < -0.3 is 25.0 Å². The first kappa shape index (κ1) is 23.6. The average molecular weight is 515 g/mol. The third kappa shape index (κ3) is 4.93. The number of hydrogen-bond donors (Lipinski definition) is 2. The molecular weight excluding hydrogens is 488 g/mol. The summed E-state index contributed by atoms with van der Waals surface area (Å²) in [4.78, 5) is 18.0. The Morgan fingerprint density at radius 1 is 0.946 bits per heavy atom. The van der Waals surface area contributed by atoms with Crippen LogP contribution in [0.3, 0.4) is 0 Å². The molecule has 0 radical (unpaired) electrons. The van der Waals surface area contributed by atoms with E-state index in [1.54, 1.807) is 12.1 Å². The Morgan fingerprint density at radius 2 is 1.70 bits per heavy atom. The molecule has 0 saturated carbocycles. The first-order valence-corrected chi connectivity index (χ1v) is 12.7. The van der Waals surface area contributed by atoms with Crippen molar-refractivity contribution in [2.45, 2.75) is 6.54 Å². The number of carbonyl (C=O) groups is 1. The maximum absolute atomic E-state index is 13.2. The number of carbonyl (C=O) groups excluding carboxylic acids is 1. The summed E-state index contributed by atoms with van der Waals surface area (Å²) in [6.07, 6.45) is 2.98. The summed E-state index contributed by atoms with van der Waals surface area (Å²) >= 11 is 6.19. The number of piperazine rings is 1. The molecule has 188 valence electrons. The molecular formula is C29H27ClN4O3. The van der Waals surface area contributed by atoms with Crippen LogP contribution in [0.1, 0.15) is 16.7 Å². The lowest BCUT2D eigenvalue weighted by Gasteiger charge is -2.32. The van der Waals surface area contributed by atoms with Gasteiger partial charge in [0.1, 0.15) is 12.5 Å². The van der Waals surface area contributed by atoms with E-state index in [9.17, 15) is 4.79 Å². The van der Waals surface area contributed by atoms with Gasteiger partial charge in [-0.15, -0.1) is 0 Å². The van der Waals surface area contributed by atoms with E-state index < -0.39 is 0 Å². The molecule has 6 rings (SSSR count). The van der Waals surface area contributed by atoms with Crippen LogP contribution >= 0.6 is 11.6 Å².